The second kappa shape index (κ2) is 7.38. The first-order chi connectivity index (χ1) is 14.2. The molecule has 150 valence electrons. The minimum absolute atomic E-state index is 0.119. The summed E-state index contributed by atoms with van der Waals surface area (Å²) in [4.78, 5) is 6.81. The van der Waals surface area contributed by atoms with Crippen molar-refractivity contribution in [2.45, 2.75) is 12.5 Å². The summed E-state index contributed by atoms with van der Waals surface area (Å²) in [5, 5.41) is 18.7. The van der Waals surface area contributed by atoms with Gasteiger partial charge in [-0.05, 0) is 18.2 Å². The Kier molecular flexibility index (Phi) is 4.57. The van der Waals surface area contributed by atoms with Crippen LogP contribution in [-0.4, -0.2) is 52.4 Å². The molecule has 1 fully saturated rings. The van der Waals surface area contributed by atoms with Crippen LogP contribution in [0.2, 0.25) is 0 Å². The predicted molar refractivity (Wildman–Crippen MR) is 103 cm³/mol. The first-order valence-electron chi connectivity index (χ1n) is 9.69. The standard InChI is InChI=1S/C21H22N4O4/c22-20-19-18(16-2-1-9-28-16)15-4-3-14(26)12-17(15)29-21(19)23-13-25(20)6-5-24-7-10-27-11-8-24/h1-4,9,12-13,18,22,26H,5-8,10-11H2/t18-/m0/s1. The topological polar surface area (TPSA) is 96.7 Å². The van der Waals surface area contributed by atoms with Gasteiger partial charge in [0.15, 0.2) is 0 Å². The molecule has 1 aromatic carbocycles. The lowest BCUT2D eigenvalue weighted by Crippen LogP contribution is -2.40. The number of furan rings is 1. The third kappa shape index (κ3) is 3.30. The van der Waals surface area contributed by atoms with E-state index in [1.165, 1.54) is 0 Å². The van der Waals surface area contributed by atoms with E-state index in [1.54, 1.807) is 24.7 Å². The highest BCUT2D eigenvalue weighted by molar-refractivity contribution is 5.55. The molecule has 0 amide bonds. The lowest BCUT2D eigenvalue weighted by molar-refractivity contribution is 0.0362. The minimum atomic E-state index is -0.319. The summed E-state index contributed by atoms with van der Waals surface area (Å²) < 4.78 is 18.9. The molecule has 2 aliphatic heterocycles. The molecule has 0 spiro atoms. The second-order valence-corrected chi connectivity index (χ2v) is 7.23. The molecule has 8 nitrogen and oxygen atoms in total. The number of nitrogens with zero attached hydrogens (tertiary/aromatic N) is 3. The van der Waals surface area contributed by atoms with Crippen molar-refractivity contribution in [2.24, 2.45) is 0 Å². The van der Waals surface area contributed by atoms with Gasteiger partial charge in [-0.25, -0.2) is 4.98 Å². The van der Waals surface area contributed by atoms with Crippen LogP contribution in [-0.2, 0) is 11.3 Å². The van der Waals surface area contributed by atoms with E-state index >= 15 is 0 Å². The summed E-state index contributed by atoms with van der Waals surface area (Å²) in [5.74, 6) is 1.41. The Balaban J connectivity index is 1.54. The quantitative estimate of drug-likeness (QED) is 0.551. The Morgan fingerprint density at radius 2 is 2.03 bits per heavy atom. The van der Waals surface area contributed by atoms with Crippen LogP contribution >= 0.6 is 0 Å². The Morgan fingerprint density at radius 3 is 2.83 bits per heavy atom. The van der Waals surface area contributed by atoms with Crippen LogP contribution < -0.4 is 10.2 Å². The Hall–Kier alpha value is -3.10. The van der Waals surface area contributed by atoms with E-state index in [0.717, 1.165) is 38.4 Å². The fourth-order valence-electron chi connectivity index (χ4n) is 3.95. The number of morpholine rings is 1. The fourth-order valence-corrected chi connectivity index (χ4v) is 3.95. The maximum Gasteiger partial charge on any atom is 0.228 e. The summed E-state index contributed by atoms with van der Waals surface area (Å²) in [6, 6.07) is 8.72. The number of aromatic nitrogens is 2. The molecule has 1 saturated heterocycles. The van der Waals surface area contributed by atoms with E-state index in [4.69, 9.17) is 19.3 Å². The number of phenols is 1. The second-order valence-electron chi connectivity index (χ2n) is 7.23. The summed E-state index contributed by atoms with van der Waals surface area (Å²) in [5.41, 5.74) is 1.86. The molecule has 29 heavy (non-hydrogen) atoms. The van der Waals surface area contributed by atoms with Crippen LogP contribution in [0, 0.1) is 5.41 Å². The van der Waals surface area contributed by atoms with Gasteiger partial charge in [-0.2, -0.15) is 0 Å². The number of benzene rings is 1. The summed E-state index contributed by atoms with van der Waals surface area (Å²) in [6.07, 6.45) is 3.27. The van der Waals surface area contributed by atoms with Crippen molar-refractivity contribution in [2.75, 3.05) is 32.8 Å². The van der Waals surface area contributed by atoms with Crippen LogP contribution in [0.3, 0.4) is 0 Å². The SMILES string of the molecule is N=c1c2c(ncn1CCN1CCOCC1)Oc1cc(O)ccc1[C@H]2c1ccco1. The van der Waals surface area contributed by atoms with E-state index in [2.05, 4.69) is 9.88 Å². The zero-order chi connectivity index (χ0) is 19.8. The predicted octanol–water partition coefficient (Wildman–Crippen LogP) is 2.28. The van der Waals surface area contributed by atoms with Crippen molar-refractivity contribution in [3.63, 3.8) is 0 Å². The number of aromatic hydroxyl groups is 1. The molecule has 5 rings (SSSR count). The van der Waals surface area contributed by atoms with Crippen LogP contribution in [0.15, 0.2) is 47.3 Å². The highest BCUT2D eigenvalue weighted by Gasteiger charge is 2.34. The summed E-state index contributed by atoms with van der Waals surface area (Å²) >= 11 is 0. The molecule has 0 saturated carbocycles. The molecule has 4 heterocycles. The minimum Gasteiger partial charge on any atom is -0.508 e. The van der Waals surface area contributed by atoms with Gasteiger partial charge >= 0.3 is 0 Å². The molecule has 2 aromatic heterocycles. The Bertz CT molecular complexity index is 1070. The molecular formula is C21H22N4O4. The van der Waals surface area contributed by atoms with Crippen LogP contribution in [0.4, 0.5) is 0 Å². The first-order valence-corrected chi connectivity index (χ1v) is 9.69. The van der Waals surface area contributed by atoms with E-state index in [0.29, 0.717) is 35.0 Å². The molecule has 0 radical (unpaired) electrons. The van der Waals surface area contributed by atoms with Crippen molar-refractivity contribution in [3.8, 4) is 17.4 Å². The van der Waals surface area contributed by atoms with Crippen molar-refractivity contribution < 1.29 is 19.0 Å². The number of ether oxygens (including phenoxy) is 2. The van der Waals surface area contributed by atoms with Gasteiger partial charge in [0.1, 0.15) is 29.1 Å². The van der Waals surface area contributed by atoms with E-state index < -0.39 is 0 Å². The number of hydrogen-bond donors (Lipinski definition) is 2. The number of hydrogen-bond acceptors (Lipinski definition) is 7. The van der Waals surface area contributed by atoms with Crippen molar-refractivity contribution in [1.29, 1.82) is 5.41 Å². The highest BCUT2D eigenvalue weighted by atomic mass is 16.5. The largest absolute Gasteiger partial charge is 0.508 e. The normalized spacial score (nSPS) is 18.7. The lowest BCUT2D eigenvalue weighted by atomic mass is 9.87. The first kappa shape index (κ1) is 18.0. The molecule has 2 N–H and O–H groups in total. The number of phenolic OH excluding ortho intramolecular Hbond substituents is 1. The molecule has 0 unspecified atom stereocenters. The van der Waals surface area contributed by atoms with Crippen molar-refractivity contribution in [1.82, 2.24) is 14.5 Å². The molecule has 0 bridgehead atoms. The summed E-state index contributed by atoms with van der Waals surface area (Å²) in [6.45, 7) is 4.80. The van der Waals surface area contributed by atoms with Crippen LogP contribution in [0.1, 0.15) is 22.8 Å². The van der Waals surface area contributed by atoms with E-state index in [1.807, 2.05) is 22.8 Å². The smallest absolute Gasteiger partial charge is 0.228 e. The monoisotopic (exact) mass is 394 g/mol. The van der Waals surface area contributed by atoms with E-state index in [9.17, 15) is 5.11 Å². The van der Waals surface area contributed by atoms with Gasteiger partial charge in [0.25, 0.3) is 0 Å². The summed E-state index contributed by atoms with van der Waals surface area (Å²) in [7, 11) is 0. The Labute approximate surface area is 167 Å². The number of nitrogens with one attached hydrogen (secondary N) is 1. The maximum absolute atomic E-state index is 9.87. The van der Waals surface area contributed by atoms with Gasteiger partial charge in [0.2, 0.25) is 5.88 Å². The number of rotatable bonds is 4. The average molecular weight is 394 g/mol. The molecule has 2 aliphatic rings. The van der Waals surface area contributed by atoms with Gasteiger partial charge in [-0.3, -0.25) is 10.3 Å². The van der Waals surface area contributed by atoms with Gasteiger partial charge in [-0.1, -0.05) is 6.07 Å². The van der Waals surface area contributed by atoms with Gasteiger partial charge in [0, 0.05) is 37.8 Å². The van der Waals surface area contributed by atoms with Crippen LogP contribution in [0.25, 0.3) is 0 Å². The zero-order valence-corrected chi connectivity index (χ0v) is 15.9. The van der Waals surface area contributed by atoms with Gasteiger partial charge < -0.3 is 23.6 Å². The fraction of sp³-hybridized carbons (Fsp3) is 0.333. The maximum atomic E-state index is 9.87. The average Bonchev–Trinajstić information content (AvgIpc) is 3.27. The highest BCUT2D eigenvalue weighted by Crippen LogP contribution is 2.45. The van der Waals surface area contributed by atoms with Crippen LogP contribution in [0.5, 0.6) is 17.4 Å². The molecular weight excluding hydrogens is 372 g/mol. The molecule has 3 aromatic rings. The van der Waals surface area contributed by atoms with Crippen molar-refractivity contribution in [3.05, 3.63) is 65.3 Å². The lowest BCUT2D eigenvalue weighted by Gasteiger charge is -2.28. The molecule has 1 atom stereocenters. The van der Waals surface area contributed by atoms with Crippen molar-refractivity contribution >= 4 is 0 Å². The van der Waals surface area contributed by atoms with E-state index in [-0.39, 0.29) is 11.7 Å². The third-order valence-electron chi connectivity index (χ3n) is 5.48. The molecule has 0 aliphatic carbocycles. The van der Waals surface area contributed by atoms with Gasteiger partial charge in [0.05, 0.1) is 31.0 Å². The zero-order valence-electron chi connectivity index (χ0n) is 15.9. The molecule has 8 heteroatoms. The third-order valence-corrected chi connectivity index (χ3v) is 5.48. The number of fused-ring (bicyclic) bond motifs is 2. The Morgan fingerprint density at radius 1 is 1.17 bits per heavy atom. The van der Waals surface area contributed by atoms with Gasteiger partial charge in [-0.15, -0.1) is 0 Å².